The van der Waals surface area contributed by atoms with Gasteiger partial charge in [-0.2, -0.15) is 4.39 Å². The summed E-state index contributed by atoms with van der Waals surface area (Å²) < 4.78 is 41.9. The predicted octanol–water partition coefficient (Wildman–Crippen LogP) is 2.83. The quantitative estimate of drug-likeness (QED) is 0.712. The van der Waals surface area contributed by atoms with Crippen molar-refractivity contribution in [3.63, 3.8) is 0 Å². The van der Waals surface area contributed by atoms with Gasteiger partial charge in [-0.1, -0.05) is 13.0 Å². The van der Waals surface area contributed by atoms with Crippen LogP contribution in [0.25, 0.3) is 0 Å². The Morgan fingerprint density at radius 2 is 1.92 bits per heavy atom. The molecule has 4 heteroatoms. The lowest BCUT2D eigenvalue weighted by Gasteiger charge is -2.05. The fourth-order valence-corrected chi connectivity index (χ4v) is 1.02. The molecule has 0 aliphatic carbocycles. The van der Waals surface area contributed by atoms with E-state index in [0.29, 0.717) is 6.42 Å². The first-order valence-electron chi connectivity index (χ1n) is 3.86. The highest BCUT2D eigenvalue weighted by atomic mass is 19.2. The number of benzene rings is 1. The summed E-state index contributed by atoms with van der Waals surface area (Å²) in [6.07, 6.45) is 0.388. The molecule has 1 rings (SSSR count). The molecule has 1 nitrogen and oxygen atoms in total. The molecule has 0 aromatic heterocycles. The monoisotopic (exact) mass is 190 g/mol. The van der Waals surface area contributed by atoms with Gasteiger partial charge in [0, 0.05) is 0 Å². The van der Waals surface area contributed by atoms with Crippen molar-refractivity contribution in [3.05, 3.63) is 29.3 Å². The molecule has 0 fully saturated rings. The van der Waals surface area contributed by atoms with Crippen molar-refractivity contribution in [3.8, 4) is 5.75 Å². The van der Waals surface area contributed by atoms with Crippen LogP contribution >= 0.6 is 0 Å². The smallest absolute Gasteiger partial charge is 0.228 e. The molecule has 0 bridgehead atoms. The van der Waals surface area contributed by atoms with E-state index in [1.54, 1.807) is 6.92 Å². The largest absolute Gasteiger partial charge is 0.460 e. The van der Waals surface area contributed by atoms with E-state index in [4.69, 9.17) is 0 Å². The third-order valence-corrected chi connectivity index (χ3v) is 1.72. The Labute approximate surface area is 74.1 Å². The molecule has 0 amide bonds. The van der Waals surface area contributed by atoms with Crippen molar-refractivity contribution in [2.45, 2.75) is 13.3 Å². The van der Waals surface area contributed by atoms with Gasteiger partial charge in [-0.05, 0) is 18.1 Å². The highest BCUT2D eigenvalue weighted by Crippen LogP contribution is 2.22. The van der Waals surface area contributed by atoms with E-state index in [9.17, 15) is 13.2 Å². The zero-order chi connectivity index (χ0) is 9.84. The number of rotatable bonds is 3. The Kier molecular flexibility index (Phi) is 3.17. The van der Waals surface area contributed by atoms with Crippen LogP contribution in [0.4, 0.5) is 13.2 Å². The Morgan fingerprint density at radius 1 is 1.23 bits per heavy atom. The molecule has 0 N–H and O–H groups in total. The molecule has 13 heavy (non-hydrogen) atoms. The molecule has 0 radical (unpaired) electrons. The molecular formula is C9H9F3O. The summed E-state index contributed by atoms with van der Waals surface area (Å²) in [5, 5.41) is 0. The molecule has 0 saturated carbocycles. The summed E-state index contributed by atoms with van der Waals surface area (Å²) in [6.45, 7) is 0.537. The normalized spacial score (nSPS) is 10.2. The van der Waals surface area contributed by atoms with Crippen LogP contribution in [0.15, 0.2) is 12.1 Å². The summed E-state index contributed by atoms with van der Waals surface area (Å²) >= 11 is 0. The first-order chi connectivity index (χ1) is 6.20. The van der Waals surface area contributed by atoms with Crippen LogP contribution < -0.4 is 4.74 Å². The van der Waals surface area contributed by atoms with E-state index in [1.807, 2.05) is 0 Å². The number of hydrogen-bond acceptors (Lipinski definition) is 1. The van der Waals surface area contributed by atoms with Gasteiger partial charge in [-0.25, -0.2) is 8.78 Å². The second-order valence-electron chi connectivity index (χ2n) is 2.46. The number of ether oxygens (including phenoxy) is 1. The Balaban J connectivity index is 3.07. The maximum atomic E-state index is 13.0. The average Bonchev–Trinajstić information content (AvgIpc) is 2.14. The minimum absolute atomic E-state index is 0.253. The third kappa shape index (κ3) is 1.94. The topological polar surface area (TPSA) is 9.23 Å². The first kappa shape index (κ1) is 9.89. The second kappa shape index (κ2) is 4.16. The number of aryl methyl sites for hydroxylation is 1. The van der Waals surface area contributed by atoms with Crippen molar-refractivity contribution < 1.29 is 17.9 Å². The van der Waals surface area contributed by atoms with Crippen LogP contribution in [0.5, 0.6) is 5.75 Å². The van der Waals surface area contributed by atoms with Gasteiger partial charge in [-0.15, -0.1) is 0 Å². The fourth-order valence-electron chi connectivity index (χ4n) is 1.02. The van der Waals surface area contributed by atoms with Crippen LogP contribution in [-0.4, -0.2) is 6.86 Å². The van der Waals surface area contributed by atoms with Crippen LogP contribution in [0, 0.1) is 11.6 Å². The van der Waals surface area contributed by atoms with Crippen LogP contribution in [-0.2, 0) is 6.42 Å². The lowest BCUT2D eigenvalue weighted by atomic mass is 10.1. The number of halogens is 3. The fraction of sp³-hybridized carbons (Fsp3) is 0.333. The Morgan fingerprint density at radius 3 is 2.46 bits per heavy atom. The van der Waals surface area contributed by atoms with E-state index in [1.165, 1.54) is 12.1 Å². The third-order valence-electron chi connectivity index (χ3n) is 1.72. The highest BCUT2D eigenvalue weighted by Gasteiger charge is 2.12. The van der Waals surface area contributed by atoms with E-state index in [2.05, 4.69) is 4.74 Å². The highest BCUT2D eigenvalue weighted by molar-refractivity contribution is 5.30. The SMILES string of the molecule is CCc1ccc(OCF)c(F)c1F. The summed E-state index contributed by atoms with van der Waals surface area (Å²) in [6, 6.07) is 2.60. The van der Waals surface area contributed by atoms with Crippen molar-refractivity contribution in [1.82, 2.24) is 0 Å². The lowest BCUT2D eigenvalue weighted by Crippen LogP contribution is -1.99. The molecule has 0 unspecified atom stereocenters. The second-order valence-corrected chi connectivity index (χ2v) is 2.46. The van der Waals surface area contributed by atoms with Gasteiger partial charge in [0.15, 0.2) is 11.6 Å². The number of alkyl halides is 1. The first-order valence-corrected chi connectivity index (χ1v) is 3.86. The van der Waals surface area contributed by atoms with Gasteiger partial charge in [0.05, 0.1) is 0 Å². The molecule has 0 saturated heterocycles. The van der Waals surface area contributed by atoms with E-state index in [-0.39, 0.29) is 5.56 Å². The zero-order valence-electron chi connectivity index (χ0n) is 7.11. The minimum Gasteiger partial charge on any atom is -0.460 e. The summed E-state index contributed by atoms with van der Waals surface area (Å²) in [4.78, 5) is 0. The van der Waals surface area contributed by atoms with Crippen LogP contribution in [0.2, 0.25) is 0 Å². The minimum atomic E-state index is -1.16. The molecule has 0 spiro atoms. The predicted molar refractivity (Wildman–Crippen MR) is 42.3 cm³/mol. The van der Waals surface area contributed by atoms with Crippen molar-refractivity contribution in [2.24, 2.45) is 0 Å². The standard InChI is InChI=1S/C9H9F3O/c1-2-6-3-4-7(13-5-10)9(12)8(6)11/h3-4H,2,5H2,1H3. The summed E-state index contributed by atoms with van der Waals surface area (Å²) in [5.41, 5.74) is 0.253. The van der Waals surface area contributed by atoms with Gasteiger partial charge >= 0.3 is 0 Å². The average molecular weight is 190 g/mol. The maximum absolute atomic E-state index is 13.0. The van der Waals surface area contributed by atoms with Crippen molar-refractivity contribution >= 4 is 0 Å². The van der Waals surface area contributed by atoms with Gasteiger partial charge in [0.2, 0.25) is 12.7 Å². The zero-order valence-corrected chi connectivity index (χ0v) is 7.11. The van der Waals surface area contributed by atoms with Crippen molar-refractivity contribution in [2.75, 3.05) is 6.86 Å². The van der Waals surface area contributed by atoms with E-state index < -0.39 is 24.2 Å². The van der Waals surface area contributed by atoms with Gasteiger partial charge in [-0.3, -0.25) is 0 Å². The Hall–Kier alpha value is -1.19. The molecule has 0 heterocycles. The molecule has 0 aliphatic rings. The summed E-state index contributed by atoms with van der Waals surface area (Å²) in [5.74, 6) is -2.48. The Bertz CT molecular complexity index is 299. The van der Waals surface area contributed by atoms with Crippen LogP contribution in [0.1, 0.15) is 12.5 Å². The summed E-state index contributed by atoms with van der Waals surface area (Å²) in [7, 11) is 0. The van der Waals surface area contributed by atoms with Crippen LogP contribution in [0.3, 0.4) is 0 Å². The van der Waals surface area contributed by atoms with Gasteiger partial charge < -0.3 is 4.74 Å². The molecule has 0 atom stereocenters. The molecule has 1 aromatic carbocycles. The van der Waals surface area contributed by atoms with E-state index >= 15 is 0 Å². The van der Waals surface area contributed by atoms with Gasteiger partial charge in [0.1, 0.15) is 0 Å². The maximum Gasteiger partial charge on any atom is 0.228 e. The molecule has 0 aliphatic heterocycles. The lowest BCUT2D eigenvalue weighted by molar-refractivity contribution is 0.182. The molecule has 72 valence electrons. The van der Waals surface area contributed by atoms with Crippen molar-refractivity contribution in [1.29, 1.82) is 0 Å². The number of hydrogen-bond donors (Lipinski definition) is 0. The van der Waals surface area contributed by atoms with E-state index in [0.717, 1.165) is 0 Å². The molecular weight excluding hydrogens is 181 g/mol. The molecule has 1 aromatic rings. The van der Waals surface area contributed by atoms with Gasteiger partial charge in [0.25, 0.3) is 0 Å².